The molecular weight excluding hydrogens is 622 g/mol. The lowest BCUT2D eigenvalue weighted by molar-refractivity contribution is 0.740. The molecule has 0 spiro atoms. The highest BCUT2D eigenvalue weighted by Gasteiger charge is 2.23. The van der Waals surface area contributed by atoms with Crippen molar-refractivity contribution in [1.82, 2.24) is 10.6 Å². The molecule has 0 atom stereocenters. The molecule has 0 bridgehead atoms. The predicted octanol–water partition coefficient (Wildman–Crippen LogP) is 9.08. The van der Waals surface area contributed by atoms with Crippen molar-refractivity contribution in [3.05, 3.63) is 158 Å². The van der Waals surface area contributed by atoms with Crippen molar-refractivity contribution in [3.8, 4) is 0 Å². The van der Waals surface area contributed by atoms with E-state index in [1.807, 2.05) is 0 Å². The molecule has 0 aliphatic heterocycles. The fourth-order valence-corrected chi connectivity index (χ4v) is 10.2. The molecule has 0 aliphatic rings. The quantitative estimate of drug-likeness (QED) is 0.0872. The largest absolute Gasteiger partial charge is 0.367 e. The van der Waals surface area contributed by atoms with Crippen LogP contribution < -0.4 is 31.9 Å². The second-order valence-corrected chi connectivity index (χ2v) is 16.4. The highest BCUT2D eigenvalue weighted by Crippen LogP contribution is 2.39. The number of nitrogens with one attached hydrogen (secondary N) is 2. The van der Waals surface area contributed by atoms with Gasteiger partial charge < -0.3 is 10.6 Å². The first-order chi connectivity index (χ1) is 23.5. The number of benzene rings is 6. The van der Waals surface area contributed by atoms with E-state index in [0.717, 1.165) is 33.3 Å². The molecule has 0 fully saturated rings. The first-order valence-corrected chi connectivity index (χ1v) is 19.2. The van der Waals surface area contributed by atoms with Crippen LogP contribution in [0.15, 0.2) is 168 Å². The number of nitrogens with zero attached hydrogens (tertiary/aromatic N) is 2. The highest BCUT2D eigenvalue weighted by atomic mass is 31.1. The summed E-state index contributed by atoms with van der Waals surface area (Å²) in [6.45, 7) is 8.70. The van der Waals surface area contributed by atoms with E-state index >= 15 is 0 Å². The Bertz CT molecular complexity index is 1900. The lowest BCUT2D eigenvalue weighted by Crippen LogP contribution is -2.34. The predicted molar refractivity (Wildman–Crippen MR) is 213 cm³/mol. The van der Waals surface area contributed by atoms with Crippen LogP contribution in [0.4, 0.5) is 11.4 Å². The molecule has 0 radical (unpaired) electrons. The SMILES string of the molecule is CC(C)N/C(=N/c1ccc2c(/N=C(\NC(C)C)P(c3ccccc3)c3ccccc3)cccc2c1)P(c1ccccc1)c1ccccc1. The maximum absolute atomic E-state index is 5.41. The maximum atomic E-state index is 5.41. The van der Waals surface area contributed by atoms with Crippen LogP contribution in [0.1, 0.15) is 27.7 Å². The molecule has 6 heteroatoms. The van der Waals surface area contributed by atoms with Crippen molar-refractivity contribution in [1.29, 1.82) is 0 Å². The Balaban J connectivity index is 1.45. The molecule has 6 aromatic rings. The van der Waals surface area contributed by atoms with E-state index in [1.165, 1.54) is 21.2 Å². The first kappa shape index (κ1) is 33.3. The fraction of sp³-hybridized carbons (Fsp3) is 0.143. The summed E-state index contributed by atoms with van der Waals surface area (Å²) in [5.41, 5.74) is 3.85. The highest BCUT2D eigenvalue weighted by molar-refractivity contribution is 7.88. The smallest absolute Gasteiger partial charge is 0.134 e. The average Bonchev–Trinajstić information content (AvgIpc) is 3.10. The summed E-state index contributed by atoms with van der Waals surface area (Å²) >= 11 is 0. The molecule has 48 heavy (non-hydrogen) atoms. The summed E-state index contributed by atoms with van der Waals surface area (Å²) < 4.78 is 0. The maximum Gasteiger partial charge on any atom is 0.134 e. The standard InChI is InChI=1S/C42H42N4P2/c1-31(2)43-41(47(35-19-9-5-10-20-35)36-21-11-6-12-22-36)45-34-28-29-39-33(30-34)18-17-27-40(39)46-42(44-32(3)4)48(37-23-13-7-14-24-37)38-25-15-8-16-26-38/h5-32H,1-4H3,(H,43,45)(H,44,46). The van der Waals surface area contributed by atoms with E-state index in [-0.39, 0.29) is 12.1 Å². The number of aliphatic imine (C=N–C) groups is 2. The van der Waals surface area contributed by atoms with Crippen LogP contribution in [0, 0.1) is 0 Å². The number of rotatable bonds is 10. The molecule has 240 valence electrons. The minimum Gasteiger partial charge on any atom is -0.367 e. The van der Waals surface area contributed by atoms with Gasteiger partial charge in [-0.2, -0.15) is 0 Å². The van der Waals surface area contributed by atoms with E-state index in [2.05, 4.69) is 196 Å². The van der Waals surface area contributed by atoms with Gasteiger partial charge in [-0.05, 0) is 72.5 Å². The van der Waals surface area contributed by atoms with E-state index in [4.69, 9.17) is 9.98 Å². The van der Waals surface area contributed by atoms with Crippen LogP contribution in [0.2, 0.25) is 0 Å². The molecule has 0 saturated carbocycles. The summed E-state index contributed by atoms with van der Waals surface area (Å²) in [7, 11) is -1.77. The number of fused-ring (bicyclic) bond motifs is 1. The monoisotopic (exact) mass is 664 g/mol. The van der Waals surface area contributed by atoms with Gasteiger partial charge in [0.05, 0.1) is 11.4 Å². The molecule has 0 aromatic heterocycles. The Morgan fingerprint density at radius 2 is 0.875 bits per heavy atom. The van der Waals surface area contributed by atoms with E-state index in [9.17, 15) is 0 Å². The average molecular weight is 665 g/mol. The van der Waals surface area contributed by atoms with Gasteiger partial charge in [-0.15, -0.1) is 0 Å². The zero-order valence-corrected chi connectivity index (χ0v) is 29.7. The van der Waals surface area contributed by atoms with Crippen LogP contribution in [0.5, 0.6) is 0 Å². The second-order valence-electron chi connectivity index (χ2n) is 12.2. The van der Waals surface area contributed by atoms with Gasteiger partial charge in [-0.3, -0.25) is 0 Å². The number of hydrogen-bond donors (Lipinski definition) is 2. The van der Waals surface area contributed by atoms with Gasteiger partial charge in [-0.25, -0.2) is 9.98 Å². The summed E-state index contributed by atoms with van der Waals surface area (Å²) in [5, 5.41) is 14.7. The van der Waals surface area contributed by atoms with Crippen molar-refractivity contribution in [2.75, 3.05) is 0 Å². The number of amidine groups is 2. The minimum atomic E-state index is -0.893. The Labute approximate surface area is 287 Å². The van der Waals surface area contributed by atoms with Crippen molar-refractivity contribution in [2.24, 2.45) is 9.98 Å². The van der Waals surface area contributed by atoms with Gasteiger partial charge >= 0.3 is 0 Å². The Hall–Kier alpha value is -4.62. The third-order valence-corrected chi connectivity index (χ3v) is 12.2. The molecule has 0 unspecified atom stereocenters. The topological polar surface area (TPSA) is 48.8 Å². The molecule has 6 rings (SSSR count). The molecule has 0 amide bonds. The van der Waals surface area contributed by atoms with E-state index in [0.29, 0.717) is 0 Å². The van der Waals surface area contributed by atoms with Gasteiger partial charge in [-0.1, -0.05) is 140 Å². The zero-order chi connectivity index (χ0) is 33.3. The van der Waals surface area contributed by atoms with Gasteiger partial charge in [0.15, 0.2) is 0 Å². The lowest BCUT2D eigenvalue weighted by Gasteiger charge is -2.24. The molecule has 0 aliphatic carbocycles. The third-order valence-electron chi connectivity index (χ3n) is 7.62. The fourth-order valence-electron chi connectivity index (χ4n) is 5.56. The molecule has 0 heterocycles. The number of hydrogen-bond acceptors (Lipinski definition) is 2. The van der Waals surface area contributed by atoms with Gasteiger partial charge in [0, 0.05) is 33.3 Å². The second kappa shape index (κ2) is 16.0. The molecule has 6 aromatic carbocycles. The van der Waals surface area contributed by atoms with E-state index < -0.39 is 15.8 Å². The lowest BCUT2D eigenvalue weighted by atomic mass is 10.1. The van der Waals surface area contributed by atoms with Gasteiger partial charge in [0.1, 0.15) is 11.2 Å². The van der Waals surface area contributed by atoms with Gasteiger partial charge in [0.2, 0.25) is 0 Å². The molecular formula is C42H42N4P2. The van der Waals surface area contributed by atoms with E-state index in [1.54, 1.807) is 0 Å². The first-order valence-electron chi connectivity index (χ1n) is 16.5. The van der Waals surface area contributed by atoms with Crippen molar-refractivity contribution in [2.45, 2.75) is 39.8 Å². The Morgan fingerprint density at radius 3 is 1.29 bits per heavy atom. The summed E-state index contributed by atoms with van der Waals surface area (Å²) in [4.78, 5) is 10.7. The van der Waals surface area contributed by atoms with Crippen molar-refractivity contribution >= 4 is 70.4 Å². The van der Waals surface area contributed by atoms with Crippen LogP contribution in [0.3, 0.4) is 0 Å². The minimum absolute atomic E-state index is 0.230. The van der Waals surface area contributed by atoms with Crippen LogP contribution >= 0.6 is 15.8 Å². The Morgan fingerprint density at radius 1 is 0.458 bits per heavy atom. The molecule has 2 N–H and O–H groups in total. The normalized spacial score (nSPS) is 12.3. The van der Waals surface area contributed by atoms with Gasteiger partial charge in [0.25, 0.3) is 0 Å². The van der Waals surface area contributed by atoms with Crippen LogP contribution in [-0.4, -0.2) is 23.2 Å². The third kappa shape index (κ3) is 8.26. The summed E-state index contributed by atoms with van der Waals surface area (Å²) in [6.07, 6.45) is 0. The van der Waals surface area contributed by atoms with Crippen molar-refractivity contribution in [3.63, 3.8) is 0 Å². The summed E-state index contributed by atoms with van der Waals surface area (Å²) in [5.74, 6) is 0. The Kier molecular flexibility index (Phi) is 11.1. The van der Waals surface area contributed by atoms with Crippen LogP contribution in [-0.2, 0) is 0 Å². The summed E-state index contributed by atoms with van der Waals surface area (Å²) in [6, 6.07) is 56.2. The van der Waals surface area contributed by atoms with Crippen molar-refractivity contribution < 1.29 is 0 Å². The molecule has 4 nitrogen and oxygen atoms in total. The molecule has 0 saturated heterocycles. The zero-order valence-electron chi connectivity index (χ0n) is 28.0. The van der Waals surface area contributed by atoms with Crippen LogP contribution in [0.25, 0.3) is 10.8 Å².